The van der Waals surface area contributed by atoms with Crippen molar-refractivity contribution in [3.8, 4) is 11.4 Å². The third kappa shape index (κ3) is 3.60. The Hall–Kier alpha value is -2.81. The summed E-state index contributed by atoms with van der Waals surface area (Å²) in [6, 6.07) is 5.18. The number of tetrazole rings is 1. The number of hydrogen-bond donors (Lipinski definition) is 4. The fourth-order valence-electron chi connectivity index (χ4n) is 1.68. The average Bonchev–Trinajstić information content (AvgIpc) is 3.01. The number of carbonyl (C=O) groups excluding carboxylic acids is 1. The van der Waals surface area contributed by atoms with Crippen molar-refractivity contribution in [1.82, 2.24) is 25.9 Å². The molecule has 0 spiro atoms. The highest BCUT2D eigenvalue weighted by Crippen LogP contribution is 2.14. The first kappa shape index (κ1) is 14.6. The molecule has 9 heteroatoms. The summed E-state index contributed by atoms with van der Waals surface area (Å²) < 4.78 is 0. The summed E-state index contributed by atoms with van der Waals surface area (Å²) in [5.74, 6) is -1.33. The lowest BCUT2D eigenvalue weighted by atomic mass is 10.1. The molecule has 1 aromatic heterocycles. The Kier molecular flexibility index (Phi) is 4.57. The summed E-state index contributed by atoms with van der Waals surface area (Å²) in [4.78, 5) is 22.8. The number of aromatic amines is 1. The van der Waals surface area contributed by atoms with Gasteiger partial charge in [-0.25, -0.2) is 4.79 Å². The summed E-state index contributed by atoms with van der Waals surface area (Å²) in [6.07, 6.45) is -0.0536. The zero-order valence-electron chi connectivity index (χ0n) is 10.9. The molecule has 2 aromatic rings. The number of amides is 1. The Morgan fingerprint density at radius 1 is 1.29 bits per heavy atom. The smallest absolute Gasteiger partial charge is 0.326 e. The predicted octanol–water partition coefficient (Wildman–Crippen LogP) is -0.568. The summed E-state index contributed by atoms with van der Waals surface area (Å²) in [5.41, 5.74) is 0.969. The number of rotatable bonds is 6. The van der Waals surface area contributed by atoms with Crippen LogP contribution in [0.2, 0.25) is 0 Å². The highest BCUT2D eigenvalue weighted by atomic mass is 16.4. The number of H-pyrrole nitrogens is 1. The van der Waals surface area contributed by atoms with Crippen LogP contribution in [0.4, 0.5) is 0 Å². The first-order valence-electron chi connectivity index (χ1n) is 6.10. The van der Waals surface area contributed by atoms with Gasteiger partial charge in [0.1, 0.15) is 6.04 Å². The molecule has 1 heterocycles. The van der Waals surface area contributed by atoms with Crippen LogP contribution in [0, 0.1) is 0 Å². The molecule has 0 aliphatic carbocycles. The molecule has 0 fully saturated rings. The molecule has 2 rings (SSSR count). The standard InChI is InChI=1S/C12H13N5O4/c18-6-5-9(12(20)21)13-11(19)8-3-1-7(2-4-8)10-14-16-17-15-10/h1-4,9,18H,5-6H2,(H,13,19)(H,20,21)(H,14,15,16,17)/t9-/m0/s1. The number of aliphatic hydroxyl groups is 1. The van der Waals surface area contributed by atoms with Gasteiger partial charge < -0.3 is 15.5 Å². The molecule has 110 valence electrons. The van der Waals surface area contributed by atoms with Crippen LogP contribution in [0.1, 0.15) is 16.8 Å². The van der Waals surface area contributed by atoms with Gasteiger partial charge in [-0.15, -0.1) is 10.2 Å². The number of aliphatic hydroxyl groups excluding tert-OH is 1. The normalized spacial score (nSPS) is 11.9. The lowest BCUT2D eigenvalue weighted by Crippen LogP contribution is -2.41. The van der Waals surface area contributed by atoms with Crippen molar-refractivity contribution in [1.29, 1.82) is 0 Å². The van der Waals surface area contributed by atoms with Crippen molar-refractivity contribution in [2.24, 2.45) is 0 Å². The number of aliphatic carboxylic acids is 1. The van der Waals surface area contributed by atoms with Crippen LogP contribution in [0.15, 0.2) is 24.3 Å². The van der Waals surface area contributed by atoms with E-state index in [4.69, 9.17) is 10.2 Å². The lowest BCUT2D eigenvalue weighted by Gasteiger charge is -2.13. The fourth-order valence-corrected chi connectivity index (χ4v) is 1.68. The third-order valence-electron chi connectivity index (χ3n) is 2.77. The van der Waals surface area contributed by atoms with E-state index in [2.05, 4.69) is 25.9 Å². The monoisotopic (exact) mass is 291 g/mol. The molecule has 0 radical (unpaired) electrons. The number of carboxylic acids is 1. The van der Waals surface area contributed by atoms with Gasteiger partial charge in [0.15, 0.2) is 0 Å². The molecule has 0 unspecified atom stereocenters. The summed E-state index contributed by atoms with van der Waals surface area (Å²) >= 11 is 0. The van der Waals surface area contributed by atoms with E-state index in [1.54, 1.807) is 12.1 Å². The van der Waals surface area contributed by atoms with Gasteiger partial charge in [0.2, 0.25) is 5.82 Å². The number of aromatic nitrogens is 4. The molecule has 0 aliphatic heterocycles. The third-order valence-corrected chi connectivity index (χ3v) is 2.77. The molecule has 1 atom stereocenters. The first-order valence-corrected chi connectivity index (χ1v) is 6.10. The largest absolute Gasteiger partial charge is 0.480 e. The molecule has 9 nitrogen and oxygen atoms in total. The number of nitrogens with one attached hydrogen (secondary N) is 2. The van der Waals surface area contributed by atoms with E-state index in [0.717, 1.165) is 0 Å². The summed E-state index contributed by atoms with van der Waals surface area (Å²) in [5, 5.41) is 33.4. The zero-order valence-corrected chi connectivity index (χ0v) is 10.9. The van der Waals surface area contributed by atoms with E-state index in [1.165, 1.54) is 12.1 Å². The van der Waals surface area contributed by atoms with E-state index in [0.29, 0.717) is 17.0 Å². The summed E-state index contributed by atoms with van der Waals surface area (Å²) in [7, 11) is 0. The van der Waals surface area contributed by atoms with Crippen LogP contribution in [-0.2, 0) is 4.79 Å². The highest BCUT2D eigenvalue weighted by Gasteiger charge is 2.20. The lowest BCUT2D eigenvalue weighted by molar-refractivity contribution is -0.139. The zero-order chi connectivity index (χ0) is 15.2. The summed E-state index contributed by atoms with van der Waals surface area (Å²) in [6.45, 7) is -0.325. The molecular formula is C12H13N5O4. The molecule has 21 heavy (non-hydrogen) atoms. The highest BCUT2D eigenvalue weighted by molar-refractivity contribution is 5.96. The van der Waals surface area contributed by atoms with Gasteiger partial charge in [-0.2, -0.15) is 5.21 Å². The Labute approximate surface area is 119 Å². The van der Waals surface area contributed by atoms with Gasteiger partial charge in [-0.3, -0.25) is 4.79 Å². The molecule has 0 bridgehead atoms. The Bertz CT molecular complexity index is 611. The molecule has 1 aromatic carbocycles. The maximum atomic E-state index is 11.9. The Balaban J connectivity index is 2.07. The van der Waals surface area contributed by atoms with Crippen molar-refractivity contribution in [3.05, 3.63) is 29.8 Å². The van der Waals surface area contributed by atoms with Crippen molar-refractivity contribution >= 4 is 11.9 Å². The van der Waals surface area contributed by atoms with Crippen LogP contribution < -0.4 is 5.32 Å². The molecular weight excluding hydrogens is 278 g/mol. The van der Waals surface area contributed by atoms with Crippen LogP contribution in [0.3, 0.4) is 0 Å². The second kappa shape index (κ2) is 6.57. The number of benzene rings is 1. The van der Waals surface area contributed by atoms with Gasteiger partial charge in [0.05, 0.1) is 0 Å². The predicted molar refractivity (Wildman–Crippen MR) is 70.2 cm³/mol. The van der Waals surface area contributed by atoms with Crippen molar-refractivity contribution < 1.29 is 19.8 Å². The molecule has 0 aliphatic rings. The second-order valence-electron chi connectivity index (χ2n) is 4.19. The van der Waals surface area contributed by atoms with E-state index in [-0.39, 0.29) is 13.0 Å². The van der Waals surface area contributed by atoms with Crippen molar-refractivity contribution in [2.75, 3.05) is 6.61 Å². The van der Waals surface area contributed by atoms with Crippen molar-refractivity contribution in [3.63, 3.8) is 0 Å². The molecule has 1 amide bonds. The average molecular weight is 291 g/mol. The quantitative estimate of drug-likeness (QED) is 0.558. The first-order chi connectivity index (χ1) is 10.1. The van der Waals surface area contributed by atoms with Gasteiger partial charge >= 0.3 is 5.97 Å². The van der Waals surface area contributed by atoms with Crippen LogP contribution in [0.5, 0.6) is 0 Å². The van der Waals surface area contributed by atoms with Gasteiger partial charge in [0.25, 0.3) is 5.91 Å². The minimum absolute atomic E-state index is 0.0536. The van der Waals surface area contributed by atoms with Gasteiger partial charge in [-0.05, 0) is 17.3 Å². The second-order valence-corrected chi connectivity index (χ2v) is 4.19. The van der Waals surface area contributed by atoms with E-state index in [9.17, 15) is 9.59 Å². The molecule has 0 saturated heterocycles. The number of carbonyl (C=O) groups is 2. The van der Waals surface area contributed by atoms with E-state index in [1.807, 2.05) is 0 Å². The van der Waals surface area contributed by atoms with E-state index >= 15 is 0 Å². The van der Waals surface area contributed by atoms with Crippen LogP contribution >= 0.6 is 0 Å². The minimum atomic E-state index is -1.19. The Morgan fingerprint density at radius 2 is 2.00 bits per heavy atom. The minimum Gasteiger partial charge on any atom is -0.480 e. The number of hydrogen-bond acceptors (Lipinski definition) is 6. The maximum Gasteiger partial charge on any atom is 0.326 e. The van der Waals surface area contributed by atoms with Gasteiger partial charge in [0, 0.05) is 24.2 Å². The maximum absolute atomic E-state index is 11.9. The van der Waals surface area contributed by atoms with E-state index < -0.39 is 17.9 Å². The van der Waals surface area contributed by atoms with Crippen LogP contribution in [0.25, 0.3) is 11.4 Å². The topological polar surface area (TPSA) is 141 Å². The fraction of sp³-hybridized carbons (Fsp3) is 0.250. The number of carboxylic acid groups (broad SMARTS) is 1. The van der Waals surface area contributed by atoms with Crippen molar-refractivity contribution in [2.45, 2.75) is 12.5 Å². The molecule has 0 saturated carbocycles. The molecule has 4 N–H and O–H groups in total. The SMILES string of the molecule is O=C(N[C@@H](CCO)C(=O)O)c1ccc(-c2nn[nH]n2)cc1. The van der Waals surface area contributed by atoms with Gasteiger partial charge in [-0.1, -0.05) is 12.1 Å². The van der Waals surface area contributed by atoms with Crippen LogP contribution in [-0.4, -0.2) is 55.4 Å². The number of nitrogens with zero attached hydrogens (tertiary/aromatic N) is 3. The Morgan fingerprint density at radius 3 is 2.52 bits per heavy atom.